The number of rotatable bonds is 4. The second kappa shape index (κ2) is 9.09. The maximum Gasteiger partial charge on any atom is 0.130 e. The zero-order valence-corrected chi connectivity index (χ0v) is 16.7. The Morgan fingerprint density at radius 2 is 1.65 bits per heavy atom. The molecule has 1 heterocycles. The molecule has 0 aliphatic carbocycles. The Hall–Kier alpha value is -2.00. The van der Waals surface area contributed by atoms with Crippen molar-refractivity contribution in [3.63, 3.8) is 0 Å². The van der Waals surface area contributed by atoms with Gasteiger partial charge in [-0.2, -0.15) is 0 Å². The van der Waals surface area contributed by atoms with E-state index in [1.54, 1.807) is 11.8 Å². The third kappa shape index (κ3) is 5.01. The van der Waals surface area contributed by atoms with Crippen LogP contribution < -0.4 is 0 Å². The summed E-state index contributed by atoms with van der Waals surface area (Å²) in [5.41, 5.74) is 2.28. The Balaban J connectivity index is 1.86. The van der Waals surface area contributed by atoms with Crippen molar-refractivity contribution in [1.29, 1.82) is 0 Å². The highest BCUT2D eigenvalue weighted by Crippen LogP contribution is 2.26. The predicted molar refractivity (Wildman–Crippen MR) is 114 cm³/mol. The standard InChI is InChI=1S/C23H28N2S/c1-18-12-14-21(15-13-18)24-23(25-19(2)8-7-9-20(25)3)16-17-26-22-10-5-4-6-11-22/h4-6,10-17,19-20H,7-9H2,1-3H3. The number of nitrogens with zero attached hydrogens (tertiary/aromatic N) is 2. The highest BCUT2D eigenvalue weighted by molar-refractivity contribution is 8.02. The van der Waals surface area contributed by atoms with Gasteiger partial charge in [0.05, 0.1) is 5.69 Å². The van der Waals surface area contributed by atoms with Crippen LogP contribution in [-0.4, -0.2) is 22.8 Å². The molecular weight excluding hydrogens is 336 g/mol. The molecule has 136 valence electrons. The quantitative estimate of drug-likeness (QED) is 0.345. The fraction of sp³-hybridized carbons (Fsp3) is 0.348. The summed E-state index contributed by atoms with van der Waals surface area (Å²) in [4.78, 5) is 8.74. The van der Waals surface area contributed by atoms with Gasteiger partial charge in [-0.25, -0.2) is 4.99 Å². The van der Waals surface area contributed by atoms with Gasteiger partial charge < -0.3 is 4.90 Å². The number of aliphatic imine (C=N–C) groups is 1. The molecule has 0 radical (unpaired) electrons. The number of likely N-dealkylation sites (tertiary alicyclic amines) is 1. The summed E-state index contributed by atoms with van der Waals surface area (Å²) in [7, 11) is 0. The lowest BCUT2D eigenvalue weighted by Gasteiger charge is -2.40. The van der Waals surface area contributed by atoms with Crippen LogP contribution in [0.4, 0.5) is 5.69 Å². The molecule has 2 unspecified atom stereocenters. The Bertz CT molecular complexity index is 740. The summed E-state index contributed by atoms with van der Waals surface area (Å²) in [5.74, 6) is 1.07. The maximum absolute atomic E-state index is 5.00. The number of hydrogen-bond acceptors (Lipinski definition) is 2. The molecule has 2 atom stereocenters. The molecule has 0 amide bonds. The lowest BCUT2D eigenvalue weighted by atomic mass is 9.97. The summed E-state index contributed by atoms with van der Waals surface area (Å²) >= 11 is 1.74. The summed E-state index contributed by atoms with van der Waals surface area (Å²) < 4.78 is 0. The van der Waals surface area contributed by atoms with Crippen molar-refractivity contribution in [2.45, 2.75) is 57.0 Å². The topological polar surface area (TPSA) is 15.6 Å². The van der Waals surface area contributed by atoms with E-state index in [9.17, 15) is 0 Å². The van der Waals surface area contributed by atoms with Crippen LogP contribution in [0.25, 0.3) is 0 Å². The van der Waals surface area contributed by atoms with Crippen molar-refractivity contribution in [2.24, 2.45) is 4.99 Å². The molecule has 1 aliphatic rings. The van der Waals surface area contributed by atoms with Gasteiger partial charge >= 0.3 is 0 Å². The molecule has 1 fully saturated rings. The second-order valence-corrected chi connectivity index (χ2v) is 8.05. The van der Waals surface area contributed by atoms with Crippen LogP contribution in [0.15, 0.2) is 76.0 Å². The third-order valence-corrected chi connectivity index (χ3v) is 5.72. The van der Waals surface area contributed by atoms with Crippen LogP contribution in [0, 0.1) is 6.92 Å². The van der Waals surface area contributed by atoms with Gasteiger partial charge in [0.1, 0.15) is 5.84 Å². The van der Waals surface area contributed by atoms with Gasteiger partial charge in [0.2, 0.25) is 0 Å². The second-order valence-electron chi connectivity index (χ2n) is 7.08. The molecule has 0 aromatic heterocycles. The molecule has 26 heavy (non-hydrogen) atoms. The van der Waals surface area contributed by atoms with E-state index in [0.717, 1.165) is 11.5 Å². The number of amidine groups is 1. The minimum absolute atomic E-state index is 0.523. The van der Waals surface area contributed by atoms with Gasteiger partial charge in [-0.3, -0.25) is 0 Å². The number of hydrogen-bond donors (Lipinski definition) is 0. The minimum atomic E-state index is 0.523. The lowest BCUT2D eigenvalue weighted by molar-refractivity contribution is 0.192. The molecule has 2 aromatic carbocycles. The van der Waals surface area contributed by atoms with E-state index in [2.05, 4.69) is 91.8 Å². The van der Waals surface area contributed by atoms with Crippen LogP contribution in [0.3, 0.4) is 0 Å². The Kier molecular flexibility index (Phi) is 6.56. The van der Waals surface area contributed by atoms with Crippen molar-refractivity contribution >= 4 is 23.3 Å². The highest BCUT2D eigenvalue weighted by Gasteiger charge is 2.26. The molecule has 0 N–H and O–H groups in total. The van der Waals surface area contributed by atoms with Gasteiger partial charge in [-0.05, 0) is 75.8 Å². The first-order valence-corrected chi connectivity index (χ1v) is 10.3. The first-order chi connectivity index (χ1) is 12.6. The predicted octanol–water partition coefficient (Wildman–Crippen LogP) is 6.59. The largest absolute Gasteiger partial charge is 0.351 e. The van der Waals surface area contributed by atoms with E-state index < -0.39 is 0 Å². The van der Waals surface area contributed by atoms with Crippen molar-refractivity contribution in [3.8, 4) is 0 Å². The molecule has 0 bridgehead atoms. The Morgan fingerprint density at radius 1 is 1.00 bits per heavy atom. The fourth-order valence-corrected chi connectivity index (χ4v) is 4.14. The molecule has 3 heteroatoms. The summed E-state index contributed by atoms with van der Waals surface area (Å²) in [6, 6.07) is 20.0. The summed E-state index contributed by atoms with van der Waals surface area (Å²) in [6.07, 6.45) is 5.95. The molecule has 2 nitrogen and oxygen atoms in total. The first-order valence-electron chi connectivity index (χ1n) is 9.45. The van der Waals surface area contributed by atoms with E-state index in [-0.39, 0.29) is 0 Å². The number of benzene rings is 2. The minimum Gasteiger partial charge on any atom is -0.351 e. The van der Waals surface area contributed by atoms with Crippen molar-refractivity contribution < 1.29 is 0 Å². The summed E-state index contributed by atoms with van der Waals surface area (Å²) in [5, 5.41) is 2.16. The smallest absolute Gasteiger partial charge is 0.130 e. The zero-order valence-electron chi connectivity index (χ0n) is 15.9. The maximum atomic E-state index is 5.00. The zero-order chi connectivity index (χ0) is 18.4. The molecule has 1 saturated heterocycles. The van der Waals surface area contributed by atoms with Crippen LogP contribution in [0.1, 0.15) is 38.7 Å². The van der Waals surface area contributed by atoms with Gasteiger partial charge in [-0.15, -0.1) is 0 Å². The molecular formula is C23H28N2S. The molecule has 3 rings (SSSR count). The van der Waals surface area contributed by atoms with Crippen molar-refractivity contribution in [1.82, 2.24) is 4.90 Å². The van der Waals surface area contributed by atoms with Crippen molar-refractivity contribution in [2.75, 3.05) is 0 Å². The average Bonchev–Trinajstić information content (AvgIpc) is 2.64. The van der Waals surface area contributed by atoms with E-state index in [1.165, 1.54) is 29.7 Å². The van der Waals surface area contributed by atoms with E-state index in [0.29, 0.717) is 12.1 Å². The molecule has 2 aromatic rings. The SMILES string of the molecule is Cc1ccc(N=C(C=CSc2ccccc2)N2C(C)CCCC2C)cc1. The third-order valence-electron chi connectivity index (χ3n) is 4.90. The van der Waals surface area contributed by atoms with Crippen LogP contribution in [0.5, 0.6) is 0 Å². The van der Waals surface area contributed by atoms with E-state index in [4.69, 9.17) is 4.99 Å². The van der Waals surface area contributed by atoms with Crippen LogP contribution in [-0.2, 0) is 0 Å². The highest BCUT2D eigenvalue weighted by atomic mass is 32.2. The first kappa shape index (κ1) is 18.8. The summed E-state index contributed by atoms with van der Waals surface area (Å²) in [6.45, 7) is 6.75. The molecule has 0 spiro atoms. The number of aryl methyl sites for hydroxylation is 1. The van der Waals surface area contributed by atoms with Gasteiger partial charge in [0, 0.05) is 17.0 Å². The molecule has 0 saturated carbocycles. The van der Waals surface area contributed by atoms with Crippen LogP contribution in [0.2, 0.25) is 0 Å². The van der Waals surface area contributed by atoms with E-state index >= 15 is 0 Å². The lowest BCUT2D eigenvalue weighted by Crippen LogP contribution is -2.46. The fourth-order valence-electron chi connectivity index (χ4n) is 3.48. The van der Waals surface area contributed by atoms with E-state index in [1.807, 2.05) is 0 Å². The Labute approximate surface area is 162 Å². The normalized spacial score (nSPS) is 21.3. The number of thioether (sulfide) groups is 1. The van der Waals surface area contributed by atoms with Gasteiger partial charge in [0.25, 0.3) is 0 Å². The Morgan fingerprint density at radius 3 is 2.31 bits per heavy atom. The van der Waals surface area contributed by atoms with Crippen molar-refractivity contribution in [3.05, 3.63) is 71.6 Å². The molecule has 1 aliphatic heterocycles. The van der Waals surface area contributed by atoms with Gasteiger partial charge in [-0.1, -0.05) is 47.7 Å². The monoisotopic (exact) mass is 364 g/mol. The van der Waals surface area contributed by atoms with Crippen LogP contribution >= 0.6 is 11.8 Å². The average molecular weight is 365 g/mol. The van der Waals surface area contributed by atoms with Gasteiger partial charge in [0.15, 0.2) is 0 Å². The number of piperidine rings is 1.